The van der Waals surface area contributed by atoms with Crippen molar-refractivity contribution in [3.8, 4) is 0 Å². The lowest BCUT2D eigenvalue weighted by Crippen LogP contribution is -2.23. The number of carbonyl (C=O) groups is 1. The zero-order valence-electron chi connectivity index (χ0n) is 18.0. The van der Waals surface area contributed by atoms with Crippen molar-refractivity contribution in [2.24, 2.45) is 0 Å². The summed E-state index contributed by atoms with van der Waals surface area (Å²) < 4.78 is 7.66. The molecule has 0 atom stereocenters. The van der Waals surface area contributed by atoms with E-state index in [4.69, 9.17) is 15.5 Å². The molecule has 3 rings (SSSR count). The van der Waals surface area contributed by atoms with Crippen LogP contribution in [0.1, 0.15) is 65.6 Å². The van der Waals surface area contributed by atoms with Gasteiger partial charge in [-0.1, -0.05) is 38.0 Å². The normalized spacial score (nSPS) is 12.0. The lowest BCUT2D eigenvalue weighted by atomic mass is 10.1. The van der Waals surface area contributed by atoms with E-state index in [0.717, 1.165) is 66.4 Å². The number of pyridine rings is 1. The number of unbranched alkanes of at least 4 members (excludes halogenated alkanes) is 3. The summed E-state index contributed by atoms with van der Waals surface area (Å²) >= 11 is 0. The molecule has 0 saturated carbocycles. The molecule has 2 heterocycles. The minimum absolute atomic E-state index is 0.110. The zero-order valence-corrected chi connectivity index (χ0v) is 18.0. The molecule has 2 N–H and O–H groups in total. The van der Waals surface area contributed by atoms with Crippen molar-refractivity contribution >= 4 is 33.7 Å². The van der Waals surface area contributed by atoms with Gasteiger partial charge in [-0.05, 0) is 39.7 Å². The van der Waals surface area contributed by atoms with Crippen LogP contribution in [0.4, 0.5) is 5.82 Å². The lowest BCUT2D eigenvalue weighted by molar-refractivity contribution is -0.154. The van der Waals surface area contributed by atoms with Gasteiger partial charge in [0, 0.05) is 24.8 Å². The fourth-order valence-electron chi connectivity index (χ4n) is 3.70. The summed E-state index contributed by atoms with van der Waals surface area (Å²) in [7, 11) is 0. The largest absolute Gasteiger partial charge is 0.460 e. The highest BCUT2D eigenvalue weighted by Gasteiger charge is 2.17. The molecule has 0 aliphatic carbocycles. The summed E-state index contributed by atoms with van der Waals surface area (Å²) in [6.45, 7) is 8.71. The topological polar surface area (TPSA) is 83.0 Å². The molecule has 1 aromatic carbocycles. The summed E-state index contributed by atoms with van der Waals surface area (Å²) in [4.78, 5) is 21.1. The quantitative estimate of drug-likeness (QED) is 0.427. The highest BCUT2D eigenvalue weighted by atomic mass is 16.6. The first-order chi connectivity index (χ1) is 13.8. The van der Waals surface area contributed by atoms with Crippen molar-refractivity contribution < 1.29 is 9.53 Å². The summed E-state index contributed by atoms with van der Waals surface area (Å²) in [6, 6.07) is 8.08. The third-order valence-electron chi connectivity index (χ3n) is 4.94. The Balaban J connectivity index is 1.65. The van der Waals surface area contributed by atoms with Crippen molar-refractivity contribution in [2.45, 2.75) is 78.4 Å². The maximum atomic E-state index is 11.8. The van der Waals surface area contributed by atoms with Gasteiger partial charge >= 0.3 is 5.97 Å². The van der Waals surface area contributed by atoms with E-state index < -0.39 is 5.60 Å². The highest BCUT2D eigenvalue weighted by Crippen LogP contribution is 2.29. The summed E-state index contributed by atoms with van der Waals surface area (Å²) in [5, 5.41) is 1.09. The number of fused-ring (bicyclic) bond motifs is 3. The number of aromatic nitrogens is 3. The molecule has 2 aromatic heterocycles. The molecule has 0 fully saturated rings. The Morgan fingerprint density at radius 1 is 1.10 bits per heavy atom. The van der Waals surface area contributed by atoms with Crippen LogP contribution < -0.4 is 5.73 Å². The number of imidazole rings is 1. The van der Waals surface area contributed by atoms with Crippen LogP contribution in [-0.4, -0.2) is 26.1 Å². The van der Waals surface area contributed by atoms with E-state index in [1.807, 2.05) is 39.0 Å². The van der Waals surface area contributed by atoms with Gasteiger partial charge < -0.3 is 15.0 Å². The van der Waals surface area contributed by atoms with Gasteiger partial charge in [0.15, 0.2) is 5.82 Å². The molecule has 0 unspecified atom stereocenters. The standard InChI is InChI=1S/C23H32N4O2/c1-5-18-26-20-21(16-12-9-10-13-17(16)25-22(20)24)27(18)15-11-7-6-8-14-19(28)29-23(2,3)4/h9-10,12-13H,5-8,11,14-15H2,1-4H3,(H2,24,25). The van der Waals surface area contributed by atoms with Gasteiger partial charge in [0.1, 0.15) is 16.9 Å². The predicted octanol–water partition coefficient (Wildman–Crippen LogP) is 5.02. The number of ether oxygens (including phenoxy) is 1. The zero-order chi connectivity index (χ0) is 21.0. The number of hydrogen-bond donors (Lipinski definition) is 1. The summed E-state index contributed by atoms with van der Waals surface area (Å²) in [5.41, 5.74) is 8.57. The molecule has 0 aliphatic heterocycles. The van der Waals surface area contributed by atoms with E-state index >= 15 is 0 Å². The Morgan fingerprint density at radius 3 is 2.55 bits per heavy atom. The van der Waals surface area contributed by atoms with Crippen molar-refractivity contribution in [1.29, 1.82) is 0 Å². The fraction of sp³-hybridized carbons (Fsp3) is 0.522. The first-order valence-corrected chi connectivity index (χ1v) is 10.6. The molecule has 29 heavy (non-hydrogen) atoms. The van der Waals surface area contributed by atoms with E-state index in [1.54, 1.807) is 0 Å². The minimum atomic E-state index is -0.407. The number of nitrogens with two attached hydrogens (primary N) is 1. The third-order valence-corrected chi connectivity index (χ3v) is 4.94. The molecule has 0 bridgehead atoms. The van der Waals surface area contributed by atoms with Gasteiger partial charge in [-0.2, -0.15) is 0 Å². The van der Waals surface area contributed by atoms with Crippen molar-refractivity contribution in [2.75, 3.05) is 5.73 Å². The number of para-hydroxylation sites is 1. The summed E-state index contributed by atoms with van der Waals surface area (Å²) in [5.74, 6) is 1.42. The van der Waals surface area contributed by atoms with Crippen molar-refractivity contribution in [3.63, 3.8) is 0 Å². The molecule has 3 aromatic rings. The molecule has 6 nitrogen and oxygen atoms in total. The van der Waals surface area contributed by atoms with Gasteiger partial charge in [-0.3, -0.25) is 4.79 Å². The molecule has 0 spiro atoms. The number of carbonyl (C=O) groups excluding carboxylic acids is 1. The Kier molecular flexibility index (Phi) is 6.40. The average Bonchev–Trinajstić information content (AvgIpc) is 3.03. The van der Waals surface area contributed by atoms with Crippen LogP contribution in [0.3, 0.4) is 0 Å². The number of aryl methyl sites for hydroxylation is 2. The maximum absolute atomic E-state index is 11.8. The van der Waals surface area contributed by atoms with Gasteiger partial charge in [0.05, 0.1) is 11.0 Å². The summed E-state index contributed by atoms with van der Waals surface area (Å²) in [6.07, 6.45) is 5.30. The second-order valence-electron chi connectivity index (χ2n) is 8.50. The third kappa shape index (κ3) is 5.05. The van der Waals surface area contributed by atoms with Crippen LogP contribution >= 0.6 is 0 Å². The van der Waals surface area contributed by atoms with Crippen molar-refractivity contribution in [1.82, 2.24) is 14.5 Å². The second-order valence-corrected chi connectivity index (χ2v) is 8.50. The number of nitrogen functional groups attached to an aromatic ring is 1. The molecule has 0 amide bonds. The van der Waals surface area contributed by atoms with Gasteiger partial charge in [0.2, 0.25) is 0 Å². The van der Waals surface area contributed by atoms with Crippen LogP contribution in [0.2, 0.25) is 0 Å². The number of benzene rings is 1. The average molecular weight is 397 g/mol. The smallest absolute Gasteiger partial charge is 0.306 e. The van der Waals surface area contributed by atoms with Crippen LogP contribution in [0.15, 0.2) is 24.3 Å². The van der Waals surface area contributed by atoms with Crippen LogP contribution in [-0.2, 0) is 22.5 Å². The van der Waals surface area contributed by atoms with Gasteiger partial charge in [-0.25, -0.2) is 9.97 Å². The number of nitrogens with zero attached hydrogens (tertiary/aromatic N) is 3. The van der Waals surface area contributed by atoms with E-state index in [2.05, 4.69) is 22.5 Å². The Bertz CT molecular complexity index is 1000. The molecular formula is C23H32N4O2. The van der Waals surface area contributed by atoms with E-state index in [9.17, 15) is 4.79 Å². The molecule has 6 heteroatoms. The highest BCUT2D eigenvalue weighted by molar-refractivity contribution is 6.06. The first kappa shape index (κ1) is 21.1. The van der Waals surface area contributed by atoms with Crippen molar-refractivity contribution in [3.05, 3.63) is 30.1 Å². The monoisotopic (exact) mass is 396 g/mol. The Hall–Kier alpha value is -2.63. The Labute approximate surface area is 172 Å². The molecule has 0 radical (unpaired) electrons. The van der Waals surface area contributed by atoms with Gasteiger partial charge in [-0.15, -0.1) is 0 Å². The van der Waals surface area contributed by atoms with Crippen LogP contribution in [0.25, 0.3) is 21.9 Å². The molecule has 0 aliphatic rings. The second kappa shape index (κ2) is 8.80. The molecule has 156 valence electrons. The van der Waals surface area contributed by atoms with Crippen LogP contribution in [0, 0.1) is 0 Å². The lowest BCUT2D eigenvalue weighted by Gasteiger charge is -2.19. The van der Waals surface area contributed by atoms with E-state index in [1.165, 1.54) is 0 Å². The van der Waals surface area contributed by atoms with E-state index in [-0.39, 0.29) is 5.97 Å². The van der Waals surface area contributed by atoms with Crippen LogP contribution in [0.5, 0.6) is 0 Å². The maximum Gasteiger partial charge on any atom is 0.306 e. The first-order valence-electron chi connectivity index (χ1n) is 10.6. The predicted molar refractivity (Wildman–Crippen MR) is 118 cm³/mol. The number of esters is 1. The van der Waals surface area contributed by atoms with Gasteiger partial charge in [0.25, 0.3) is 0 Å². The number of hydrogen-bond acceptors (Lipinski definition) is 5. The fourth-order valence-corrected chi connectivity index (χ4v) is 3.70. The SMILES string of the molecule is CCc1nc2c(N)nc3ccccc3c2n1CCCCCCC(=O)OC(C)(C)C. The molecular weight excluding hydrogens is 364 g/mol. The molecule has 0 saturated heterocycles. The number of anilines is 1. The number of rotatable bonds is 8. The van der Waals surface area contributed by atoms with E-state index in [0.29, 0.717) is 12.2 Å². The minimum Gasteiger partial charge on any atom is -0.460 e. The Morgan fingerprint density at radius 2 is 1.83 bits per heavy atom.